The lowest BCUT2D eigenvalue weighted by Gasteiger charge is -2.34. The highest BCUT2D eigenvalue weighted by Crippen LogP contribution is 2.27. The third-order valence-corrected chi connectivity index (χ3v) is 7.63. The van der Waals surface area contributed by atoms with Crippen molar-refractivity contribution in [1.82, 2.24) is 14.1 Å². The Kier molecular flexibility index (Phi) is 6.95. The Morgan fingerprint density at radius 1 is 1.07 bits per heavy atom. The van der Waals surface area contributed by atoms with Gasteiger partial charge >= 0.3 is 0 Å². The number of carbonyl (C=O) groups is 1. The summed E-state index contributed by atoms with van der Waals surface area (Å²) in [6.45, 7) is 7.63. The maximum absolute atomic E-state index is 12.8. The van der Waals surface area contributed by atoms with Gasteiger partial charge in [0.25, 0.3) is 0 Å². The molecular weight excluding hydrogens is 378 g/mol. The predicted molar refractivity (Wildman–Crippen MR) is 108 cm³/mol. The average Bonchev–Trinajstić information content (AvgIpc) is 3.27. The molecule has 0 aliphatic carbocycles. The summed E-state index contributed by atoms with van der Waals surface area (Å²) < 4.78 is 32.6. The van der Waals surface area contributed by atoms with Crippen LogP contribution in [-0.4, -0.2) is 81.4 Å². The lowest BCUT2D eigenvalue weighted by Crippen LogP contribution is -2.48. The van der Waals surface area contributed by atoms with E-state index in [1.54, 1.807) is 25.3 Å². The van der Waals surface area contributed by atoms with Crippen LogP contribution in [0.1, 0.15) is 31.7 Å². The molecule has 2 heterocycles. The van der Waals surface area contributed by atoms with Crippen molar-refractivity contribution in [3.63, 3.8) is 0 Å². The van der Waals surface area contributed by atoms with Crippen molar-refractivity contribution in [2.75, 3.05) is 52.9 Å². The lowest BCUT2D eigenvalue weighted by molar-refractivity contribution is -0.132. The molecule has 0 saturated carbocycles. The number of amides is 1. The van der Waals surface area contributed by atoms with E-state index in [-0.39, 0.29) is 10.8 Å². The van der Waals surface area contributed by atoms with E-state index in [0.717, 1.165) is 51.1 Å². The standard InChI is InChI=1S/C20H31N3O4S/c1-3-21-12-14-22(15-13-21)20(24)9-6-17-16-18(7-8-19(17)27-2)28(25,26)23-10-4-5-11-23/h7-8,16H,3-6,9-15H2,1-2H3. The first-order chi connectivity index (χ1) is 13.5. The van der Waals surface area contributed by atoms with Gasteiger partial charge in [-0.15, -0.1) is 0 Å². The summed E-state index contributed by atoms with van der Waals surface area (Å²) in [5.41, 5.74) is 0.767. The second-order valence-corrected chi connectivity index (χ2v) is 9.34. The van der Waals surface area contributed by atoms with Crippen LogP contribution < -0.4 is 4.74 Å². The molecule has 0 spiro atoms. The molecule has 0 atom stereocenters. The van der Waals surface area contributed by atoms with E-state index in [0.29, 0.717) is 31.7 Å². The van der Waals surface area contributed by atoms with Gasteiger partial charge in [0.1, 0.15) is 5.75 Å². The Morgan fingerprint density at radius 2 is 1.75 bits per heavy atom. The number of sulfonamides is 1. The highest BCUT2D eigenvalue weighted by molar-refractivity contribution is 7.89. The van der Waals surface area contributed by atoms with Gasteiger partial charge in [0.05, 0.1) is 12.0 Å². The fourth-order valence-electron chi connectivity index (χ4n) is 3.90. The Balaban J connectivity index is 1.68. The summed E-state index contributed by atoms with van der Waals surface area (Å²) in [7, 11) is -1.91. The van der Waals surface area contributed by atoms with Crippen LogP contribution in [0.2, 0.25) is 0 Å². The number of hydrogen-bond donors (Lipinski definition) is 0. The molecule has 0 bridgehead atoms. The van der Waals surface area contributed by atoms with Gasteiger partial charge in [0, 0.05) is 45.7 Å². The molecule has 0 radical (unpaired) electrons. The molecule has 0 N–H and O–H groups in total. The number of nitrogens with zero attached hydrogens (tertiary/aromatic N) is 3. The molecule has 0 unspecified atom stereocenters. The van der Waals surface area contributed by atoms with Crippen LogP contribution in [-0.2, 0) is 21.2 Å². The fourth-order valence-corrected chi connectivity index (χ4v) is 5.47. The average molecular weight is 410 g/mol. The van der Waals surface area contributed by atoms with Gasteiger partial charge in [-0.1, -0.05) is 6.92 Å². The topological polar surface area (TPSA) is 70.2 Å². The van der Waals surface area contributed by atoms with E-state index in [1.165, 1.54) is 4.31 Å². The molecule has 1 aromatic rings. The minimum Gasteiger partial charge on any atom is -0.496 e. The smallest absolute Gasteiger partial charge is 0.243 e. The number of rotatable bonds is 7. The van der Waals surface area contributed by atoms with E-state index in [2.05, 4.69) is 11.8 Å². The Hall–Kier alpha value is -1.64. The number of benzene rings is 1. The van der Waals surface area contributed by atoms with Crippen molar-refractivity contribution in [3.05, 3.63) is 23.8 Å². The molecule has 2 aliphatic heterocycles. The number of piperazine rings is 1. The highest BCUT2D eigenvalue weighted by Gasteiger charge is 2.28. The molecule has 2 aliphatic rings. The Morgan fingerprint density at radius 3 is 2.36 bits per heavy atom. The number of carbonyl (C=O) groups excluding carboxylic acids is 1. The van der Waals surface area contributed by atoms with Gasteiger partial charge in [-0.3, -0.25) is 4.79 Å². The molecular formula is C20H31N3O4S. The van der Waals surface area contributed by atoms with Gasteiger partial charge < -0.3 is 14.5 Å². The third-order valence-electron chi connectivity index (χ3n) is 5.74. The summed E-state index contributed by atoms with van der Waals surface area (Å²) in [6.07, 6.45) is 2.64. The van der Waals surface area contributed by atoms with Crippen molar-refractivity contribution in [1.29, 1.82) is 0 Å². The number of methoxy groups -OCH3 is 1. The maximum Gasteiger partial charge on any atom is 0.243 e. The van der Waals surface area contributed by atoms with Crippen molar-refractivity contribution < 1.29 is 17.9 Å². The number of ether oxygens (including phenoxy) is 1. The molecule has 0 aromatic heterocycles. The van der Waals surface area contributed by atoms with Crippen LogP contribution >= 0.6 is 0 Å². The predicted octanol–water partition coefficient (Wildman–Crippen LogP) is 1.58. The highest BCUT2D eigenvalue weighted by atomic mass is 32.2. The number of likely N-dealkylation sites (N-methyl/N-ethyl adjacent to an activating group) is 1. The van der Waals surface area contributed by atoms with Crippen LogP contribution in [0.4, 0.5) is 0 Å². The van der Waals surface area contributed by atoms with E-state index < -0.39 is 10.0 Å². The zero-order valence-electron chi connectivity index (χ0n) is 16.9. The van der Waals surface area contributed by atoms with Crippen molar-refractivity contribution in [2.45, 2.75) is 37.5 Å². The first-order valence-electron chi connectivity index (χ1n) is 10.1. The summed E-state index contributed by atoms with van der Waals surface area (Å²) in [6, 6.07) is 4.97. The van der Waals surface area contributed by atoms with Gasteiger partial charge in [0.15, 0.2) is 0 Å². The number of aryl methyl sites for hydroxylation is 1. The van der Waals surface area contributed by atoms with Crippen LogP contribution in [0, 0.1) is 0 Å². The van der Waals surface area contributed by atoms with Crippen LogP contribution in [0.25, 0.3) is 0 Å². The summed E-state index contributed by atoms with van der Waals surface area (Å²) in [4.78, 5) is 17.1. The molecule has 2 saturated heterocycles. The Labute approximate surface area is 168 Å². The van der Waals surface area contributed by atoms with Crippen molar-refractivity contribution in [3.8, 4) is 5.75 Å². The van der Waals surface area contributed by atoms with Crippen LogP contribution in [0.5, 0.6) is 5.75 Å². The van der Waals surface area contributed by atoms with E-state index in [1.807, 2.05) is 4.90 Å². The third kappa shape index (κ3) is 4.67. The zero-order chi connectivity index (χ0) is 20.1. The summed E-state index contributed by atoms with van der Waals surface area (Å²) >= 11 is 0. The minimum atomic E-state index is -3.48. The van der Waals surface area contributed by atoms with Crippen LogP contribution in [0.15, 0.2) is 23.1 Å². The second-order valence-electron chi connectivity index (χ2n) is 7.40. The van der Waals surface area contributed by atoms with Crippen molar-refractivity contribution in [2.24, 2.45) is 0 Å². The molecule has 1 amide bonds. The minimum absolute atomic E-state index is 0.116. The fraction of sp³-hybridized carbons (Fsp3) is 0.650. The largest absolute Gasteiger partial charge is 0.496 e. The molecule has 3 rings (SSSR count). The monoisotopic (exact) mass is 409 g/mol. The summed E-state index contributed by atoms with van der Waals surface area (Å²) in [5.74, 6) is 0.745. The van der Waals surface area contributed by atoms with Gasteiger partial charge in [-0.2, -0.15) is 4.31 Å². The van der Waals surface area contributed by atoms with Gasteiger partial charge in [-0.25, -0.2) is 8.42 Å². The molecule has 28 heavy (non-hydrogen) atoms. The maximum atomic E-state index is 12.8. The second kappa shape index (κ2) is 9.24. The van der Waals surface area contributed by atoms with Crippen molar-refractivity contribution >= 4 is 15.9 Å². The van der Waals surface area contributed by atoms with Crippen LogP contribution in [0.3, 0.4) is 0 Å². The molecule has 8 heteroatoms. The normalized spacial score (nSPS) is 19.1. The first-order valence-corrected chi connectivity index (χ1v) is 11.6. The molecule has 156 valence electrons. The molecule has 1 aromatic carbocycles. The van der Waals surface area contributed by atoms with Gasteiger partial charge in [0.2, 0.25) is 15.9 Å². The zero-order valence-corrected chi connectivity index (χ0v) is 17.7. The SMILES string of the molecule is CCN1CCN(C(=O)CCc2cc(S(=O)(=O)N3CCCC3)ccc2OC)CC1. The quantitative estimate of drug-likeness (QED) is 0.684. The van der Waals surface area contributed by atoms with E-state index in [9.17, 15) is 13.2 Å². The number of hydrogen-bond acceptors (Lipinski definition) is 5. The van der Waals surface area contributed by atoms with E-state index in [4.69, 9.17) is 4.74 Å². The molecule has 7 nitrogen and oxygen atoms in total. The lowest BCUT2D eigenvalue weighted by atomic mass is 10.1. The Bertz CT molecular complexity index is 783. The first kappa shape index (κ1) is 21.1. The summed E-state index contributed by atoms with van der Waals surface area (Å²) in [5, 5.41) is 0. The van der Waals surface area contributed by atoms with E-state index >= 15 is 0 Å². The van der Waals surface area contributed by atoms with Gasteiger partial charge in [-0.05, 0) is 49.6 Å². The molecule has 2 fully saturated rings.